The summed E-state index contributed by atoms with van der Waals surface area (Å²) in [5, 5.41) is 24.1. The van der Waals surface area contributed by atoms with Crippen LogP contribution in [0.5, 0.6) is 0 Å². The van der Waals surface area contributed by atoms with Gasteiger partial charge in [-0.2, -0.15) is 5.10 Å². The van der Waals surface area contributed by atoms with Gasteiger partial charge in [-0.3, -0.25) is 15.2 Å². The van der Waals surface area contributed by atoms with Gasteiger partial charge in [0.2, 0.25) is 0 Å². The van der Waals surface area contributed by atoms with E-state index in [9.17, 15) is 9.90 Å². The van der Waals surface area contributed by atoms with Crippen LogP contribution in [0.3, 0.4) is 0 Å². The molecule has 0 unspecified atom stereocenters. The minimum Gasteiger partial charge on any atom is -0.392 e. The summed E-state index contributed by atoms with van der Waals surface area (Å²) in [6.07, 6.45) is 1.76. The Bertz CT molecular complexity index is 1130. The zero-order valence-electron chi connectivity index (χ0n) is 14.9. The minimum atomic E-state index is -0.895. The second-order valence-corrected chi connectivity index (χ2v) is 7.78. The van der Waals surface area contributed by atoms with Crippen molar-refractivity contribution in [3.63, 3.8) is 0 Å². The monoisotopic (exact) mass is 381 g/mol. The van der Waals surface area contributed by atoms with Crippen LogP contribution in [-0.2, 0) is 11.4 Å². The fourth-order valence-electron chi connectivity index (χ4n) is 2.88. The number of nitrogens with one attached hydrogen (secondary N) is 3. The van der Waals surface area contributed by atoms with Crippen LogP contribution in [0.2, 0.25) is 0 Å². The smallest absolute Gasteiger partial charge is 0.251 e. The largest absolute Gasteiger partial charge is 0.392 e. The van der Waals surface area contributed by atoms with E-state index in [4.69, 9.17) is 0 Å². The van der Waals surface area contributed by atoms with Crippen molar-refractivity contribution in [2.75, 3.05) is 10.6 Å². The zero-order valence-corrected chi connectivity index (χ0v) is 15.7. The van der Waals surface area contributed by atoms with Gasteiger partial charge in [-0.1, -0.05) is 29.5 Å². The first kappa shape index (κ1) is 17.4. The SMILES string of the molecule is CC(C)(Nc1ccccc1CO)C(=O)Nc1nc2ccc3[nH]ncc3c2s1. The Balaban J connectivity index is 1.58. The van der Waals surface area contributed by atoms with Crippen LogP contribution in [0, 0.1) is 0 Å². The number of nitrogens with zero attached hydrogens (tertiary/aromatic N) is 2. The number of hydrogen-bond acceptors (Lipinski definition) is 6. The molecule has 4 N–H and O–H groups in total. The van der Waals surface area contributed by atoms with Crippen molar-refractivity contribution in [1.82, 2.24) is 15.2 Å². The molecule has 0 aliphatic carbocycles. The summed E-state index contributed by atoms with van der Waals surface area (Å²) in [6.45, 7) is 3.48. The molecular formula is C19H19N5O2S. The molecule has 8 heteroatoms. The Kier molecular flexibility index (Phi) is 4.29. The van der Waals surface area contributed by atoms with E-state index in [0.29, 0.717) is 5.13 Å². The molecule has 0 saturated heterocycles. The van der Waals surface area contributed by atoms with Crippen molar-refractivity contribution < 1.29 is 9.90 Å². The van der Waals surface area contributed by atoms with Crippen molar-refractivity contribution in [1.29, 1.82) is 0 Å². The van der Waals surface area contributed by atoms with Crippen molar-refractivity contribution in [2.45, 2.75) is 26.0 Å². The lowest BCUT2D eigenvalue weighted by Crippen LogP contribution is -2.44. The van der Waals surface area contributed by atoms with Gasteiger partial charge in [-0.15, -0.1) is 0 Å². The molecule has 0 bridgehead atoms. The lowest BCUT2D eigenvalue weighted by molar-refractivity contribution is -0.119. The number of carbonyl (C=O) groups is 1. The molecule has 0 atom stereocenters. The molecule has 0 radical (unpaired) electrons. The van der Waals surface area contributed by atoms with E-state index in [2.05, 4.69) is 25.8 Å². The molecule has 4 rings (SSSR count). The predicted octanol–water partition coefficient (Wildman–Crippen LogP) is 3.49. The van der Waals surface area contributed by atoms with Crippen molar-refractivity contribution in [2.24, 2.45) is 0 Å². The van der Waals surface area contributed by atoms with Gasteiger partial charge in [-0.05, 0) is 32.0 Å². The lowest BCUT2D eigenvalue weighted by atomic mass is 10.0. The molecule has 4 aromatic rings. The topological polar surface area (TPSA) is 103 Å². The zero-order chi connectivity index (χ0) is 19.0. The Labute approximate surface area is 159 Å². The van der Waals surface area contributed by atoms with Crippen LogP contribution in [0.15, 0.2) is 42.6 Å². The first-order valence-corrected chi connectivity index (χ1v) is 9.30. The fraction of sp³-hybridized carbons (Fsp3) is 0.211. The van der Waals surface area contributed by atoms with E-state index in [1.54, 1.807) is 20.0 Å². The van der Waals surface area contributed by atoms with Crippen molar-refractivity contribution in [3.05, 3.63) is 48.2 Å². The Morgan fingerprint density at radius 1 is 1.26 bits per heavy atom. The maximum Gasteiger partial charge on any atom is 0.251 e. The van der Waals surface area contributed by atoms with E-state index in [-0.39, 0.29) is 12.5 Å². The van der Waals surface area contributed by atoms with Crippen molar-refractivity contribution >= 4 is 49.2 Å². The molecule has 0 fully saturated rings. The molecule has 7 nitrogen and oxygen atoms in total. The van der Waals surface area contributed by atoms with Gasteiger partial charge in [0.15, 0.2) is 5.13 Å². The van der Waals surface area contributed by atoms with E-state index < -0.39 is 5.54 Å². The highest BCUT2D eigenvalue weighted by Gasteiger charge is 2.29. The third kappa shape index (κ3) is 3.24. The number of aliphatic hydroxyl groups is 1. The summed E-state index contributed by atoms with van der Waals surface area (Å²) in [6, 6.07) is 11.2. The molecule has 138 valence electrons. The number of anilines is 2. The standard InChI is InChI=1S/C19H19N5O2S/c1-19(2,23-13-6-4-3-5-11(13)10-25)17(26)22-18-21-15-8-7-14-12(9-20-24-14)16(15)27-18/h3-9,23,25H,10H2,1-2H3,(H,20,24)(H,21,22,26). The molecule has 0 spiro atoms. The van der Waals surface area contributed by atoms with E-state index in [1.807, 2.05) is 36.4 Å². The van der Waals surface area contributed by atoms with Gasteiger partial charge < -0.3 is 10.4 Å². The summed E-state index contributed by atoms with van der Waals surface area (Å²) >= 11 is 1.42. The number of aliphatic hydroxyl groups excluding tert-OH is 1. The van der Waals surface area contributed by atoms with Crippen LogP contribution in [0.4, 0.5) is 10.8 Å². The number of aromatic amines is 1. The second-order valence-electron chi connectivity index (χ2n) is 6.78. The van der Waals surface area contributed by atoms with Gasteiger partial charge in [0.05, 0.1) is 28.5 Å². The Morgan fingerprint density at radius 2 is 2.07 bits per heavy atom. The number of thiazole rings is 1. The first-order valence-electron chi connectivity index (χ1n) is 8.49. The van der Waals surface area contributed by atoms with Gasteiger partial charge in [0.25, 0.3) is 5.91 Å². The van der Waals surface area contributed by atoms with Crippen LogP contribution in [0.25, 0.3) is 21.1 Å². The highest BCUT2D eigenvalue weighted by molar-refractivity contribution is 7.23. The number of para-hydroxylation sites is 1. The maximum absolute atomic E-state index is 12.8. The molecule has 0 aliphatic heterocycles. The summed E-state index contributed by atoms with van der Waals surface area (Å²) < 4.78 is 0.980. The van der Waals surface area contributed by atoms with Crippen molar-refractivity contribution in [3.8, 4) is 0 Å². The molecule has 2 aromatic carbocycles. The number of H-pyrrole nitrogens is 1. The number of fused-ring (bicyclic) bond motifs is 3. The predicted molar refractivity (Wildman–Crippen MR) is 108 cm³/mol. The summed E-state index contributed by atoms with van der Waals surface area (Å²) in [4.78, 5) is 17.4. The molecular weight excluding hydrogens is 362 g/mol. The molecule has 0 aliphatic rings. The maximum atomic E-state index is 12.8. The van der Waals surface area contributed by atoms with E-state index in [1.165, 1.54) is 11.3 Å². The Morgan fingerprint density at radius 3 is 2.89 bits per heavy atom. The number of rotatable bonds is 5. The quantitative estimate of drug-likeness (QED) is 0.424. The average Bonchev–Trinajstić information content (AvgIpc) is 3.27. The molecule has 27 heavy (non-hydrogen) atoms. The first-order chi connectivity index (χ1) is 13.0. The highest BCUT2D eigenvalue weighted by atomic mass is 32.1. The third-order valence-electron chi connectivity index (χ3n) is 4.40. The molecule has 2 aromatic heterocycles. The van der Waals surface area contributed by atoms with Gasteiger partial charge >= 0.3 is 0 Å². The number of carbonyl (C=O) groups excluding carboxylic acids is 1. The Hall–Kier alpha value is -2.97. The summed E-state index contributed by atoms with van der Waals surface area (Å²) in [5.74, 6) is -0.210. The van der Waals surface area contributed by atoms with Crippen LogP contribution in [0.1, 0.15) is 19.4 Å². The van der Waals surface area contributed by atoms with Gasteiger partial charge in [-0.25, -0.2) is 4.98 Å². The lowest BCUT2D eigenvalue weighted by Gasteiger charge is -2.27. The van der Waals surface area contributed by atoms with Crippen LogP contribution >= 0.6 is 11.3 Å². The fourth-order valence-corrected chi connectivity index (χ4v) is 3.86. The minimum absolute atomic E-state index is 0.0978. The number of aromatic nitrogens is 3. The number of benzene rings is 2. The molecule has 0 saturated carbocycles. The summed E-state index contributed by atoms with van der Waals surface area (Å²) in [7, 11) is 0. The number of hydrogen-bond donors (Lipinski definition) is 4. The van der Waals surface area contributed by atoms with Gasteiger partial charge in [0, 0.05) is 16.6 Å². The summed E-state index contributed by atoms with van der Waals surface area (Å²) in [5.41, 5.74) is 2.33. The average molecular weight is 381 g/mol. The number of amides is 1. The van der Waals surface area contributed by atoms with Crippen LogP contribution < -0.4 is 10.6 Å². The van der Waals surface area contributed by atoms with Crippen LogP contribution in [-0.4, -0.2) is 31.7 Å². The van der Waals surface area contributed by atoms with Gasteiger partial charge in [0.1, 0.15) is 5.54 Å². The molecule has 1 amide bonds. The van der Waals surface area contributed by atoms with E-state index in [0.717, 1.165) is 32.4 Å². The normalized spacial score (nSPS) is 11.8. The highest BCUT2D eigenvalue weighted by Crippen LogP contribution is 2.32. The third-order valence-corrected chi connectivity index (χ3v) is 5.42. The molecule has 2 heterocycles. The second kappa shape index (κ2) is 6.64. The van der Waals surface area contributed by atoms with E-state index >= 15 is 0 Å².